The summed E-state index contributed by atoms with van der Waals surface area (Å²) in [5, 5.41) is 8.66. The molecule has 0 spiro atoms. The third kappa shape index (κ3) is 5.88. The van der Waals surface area contributed by atoms with E-state index in [0.29, 0.717) is 6.04 Å². The van der Waals surface area contributed by atoms with Crippen molar-refractivity contribution in [2.75, 3.05) is 13.6 Å². The lowest BCUT2D eigenvalue weighted by Gasteiger charge is -2.27. The molecule has 0 radical (unpaired) electrons. The normalized spacial score (nSPS) is 12.6. The highest BCUT2D eigenvalue weighted by atomic mass is 16.4. The van der Waals surface area contributed by atoms with Crippen molar-refractivity contribution in [2.45, 2.75) is 45.6 Å². The van der Waals surface area contributed by atoms with Gasteiger partial charge in [-0.25, -0.2) is 0 Å². The van der Waals surface area contributed by atoms with Crippen LogP contribution in [0.3, 0.4) is 0 Å². The fourth-order valence-corrected chi connectivity index (χ4v) is 2.27. The van der Waals surface area contributed by atoms with E-state index in [1.807, 2.05) is 0 Å². The van der Waals surface area contributed by atoms with Gasteiger partial charge in [-0.3, -0.25) is 4.79 Å². The number of carbonyl (C=O) groups is 1. The molecular formula is C16H25NO2. The number of aliphatic carboxylic acids is 1. The molecule has 0 aromatic heterocycles. The molecule has 3 nitrogen and oxygen atoms in total. The van der Waals surface area contributed by atoms with E-state index in [0.717, 1.165) is 25.8 Å². The Kier molecular flexibility index (Phi) is 6.57. The first-order valence-corrected chi connectivity index (χ1v) is 7.00. The minimum atomic E-state index is -0.708. The van der Waals surface area contributed by atoms with E-state index in [1.54, 1.807) is 0 Å². The summed E-state index contributed by atoms with van der Waals surface area (Å²) in [6.45, 7) is 5.13. The third-order valence-electron chi connectivity index (χ3n) is 3.59. The van der Waals surface area contributed by atoms with Gasteiger partial charge >= 0.3 is 5.97 Å². The zero-order chi connectivity index (χ0) is 14.3. The highest BCUT2D eigenvalue weighted by molar-refractivity contribution is 5.66. The van der Waals surface area contributed by atoms with Crippen molar-refractivity contribution < 1.29 is 9.90 Å². The topological polar surface area (TPSA) is 40.5 Å². The lowest BCUT2D eigenvalue weighted by molar-refractivity contribution is -0.137. The average molecular weight is 263 g/mol. The molecule has 0 aliphatic carbocycles. The first kappa shape index (κ1) is 15.7. The number of hydrogen-bond donors (Lipinski definition) is 1. The van der Waals surface area contributed by atoms with Gasteiger partial charge in [-0.05, 0) is 45.3 Å². The number of benzene rings is 1. The summed E-state index contributed by atoms with van der Waals surface area (Å²) in [5.74, 6) is -0.708. The second-order valence-corrected chi connectivity index (χ2v) is 5.23. The van der Waals surface area contributed by atoms with Crippen LogP contribution in [0.25, 0.3) is 0 Å². The predicted octanol–water partition coefficient (Wildman–Crippen LogP) is 3.11. The quantitative estimate of drug-likeness (QED) is 0.783. The Balaban J connectivity index is 2.47. The Bertz CT molecular complexity index is 386. The predicted molar refractivity (Wildman–Crippen MR) is 78.5 cm³/mol. The number of nitrogens with zero attached hydrogens (tertiary/aromatic N) is 1. The smallest absolute Gasteiger partial charge is 0.303 e. The molecule has 0 bridgehead atoms. The lowest BCUT2D eigenvalue weighted by atomic mass is 10.0. The Morgan fingerprint density at radius 3 is 2.47 bits per heavy atom. The van der Waals surface area contributed by atoms with Crippen LogP contribution in [0.2, 0.25) is 0 Å². The summed E-state index contributed by atoms with van der Waals surface area (Å²) in [7, 11) is 2.09. The van der Waals surface area contributed by atoms with E-state index in [4.69, 9.17) is 5.11 Å². The van der Waals surface area contributed by atoms with Crippen LogP contribution in [0.5, 0.6) is 0 Å². The molecule has 1 atom stereocenters. The minimum absolute atomic E-state index is 0.255. The van der Waals surface area contributed by atoms with Crippen molar-refractivity contribution >= 4 is 5.97 Å². The van der Waals surface area contributed by atoms with Gasteiger partial charge in [0.05, 0.1) is 0 Å². The van der Waals surface area contributed by atoms with E-state index in [9.17, 15) is 4.79 Å². The molecule has 1 aromatic carbocycles. The Hall–Kier alpha value is -1.35. The molecule has 1 rings (SSSR count). The van der Waals surface area contributed by atoms with Crippen molar-refractivity contribution in [1.82, 2.24) is 4.90 Å². The highest BCUT2D eigenvalue weighted by Gasteiger charge is 2.13. The van der Waals surface area contributed by atoms with Gasteiger partial charge in [0.2, 0.25) is 0 Å². The van der Waals surface area contributed by atoms with Crippen LogP contribution >= 0.6 is 0 Å². The molecule has 0 fully saturated rings. The Morgan fingerprint density at radius 1 is 1.32 bits per heavy atom. The second kappa shape index (κ2) is 7.95. The summed E-state index contributed by atoms with van der Waals surface area (Å²) in [5.41, 5.74) is 2.63. The molecule has 0 aliphatic rings. The van der Waals surface area contributed by atoms with Crippen LogP contribution in [0.15, 0.2) is 24.3 Å². The van der Waals surface area contributed by atoms with Crippen molar-refractivity contribution in [3.63, 3.8) is 0 Å². The summed E-state index contributed by atoms with van der Waals surface area (Å²) in [6, 6.07) is 9.14. The van der Waals surface area contributed by atoms with E-state index in [1.165, 1.54) is 11.1 Å². The van der Waals surface area contributed by atoms with Gasteiger partial charge in [0.1, 0.15) is 0 Å². The highest BCUT2D eigenvalue weighted by Crippen LogP contribution is 2.12. The van der Waals surface area contributed by atoms with Gasteiger partial charge in [0, 0.05) is 12.5 Å². The zero-order valence-electron chi connectivity index (χ0n) is 12.2. The summed E-state index contributed by atoms with van der Waals surface area (Å²) < 4.78 is 0. The lowest BCUT2D eigenvalue weighted by Crippen LogP contribution is -2.34. The van der Waals surface area contributed by atoms with E-state index in [-0.39, 0.29) is 6.42 Å². The van der Waals surface area contributed by atoms with Gasteiger partial charge in [0.25, 0.3) is 0 Å². The molecule has 1 aromatic rings. The maximum atomic E-state index is 10.5. The van der Waals surface area contributed by atoms with Gasteiger partial charge in [-0.2, -0.15) is 0 Å². The molecule has 106 valence electrons. The van der Waals surface area contributed by atoms with Gasteiger partial charge in [0.15, 0.2) is 0 Å². The fraction of sp³-hybridized carbons (Fsp3) is 0.562. The maximum absolute atomic E-state index is 10.5. The maximum Gasteiger partial charge on any atom is 0.303 e. The average Bonchev–Trinajstić information content (AvgIpc) is 2.37. The minimum Gasteiger partial charge on any atom is -0.481 e. The van der Waals surface area contributed by atoms with Crippen molar-refractivity contribution in [2.24, 2.45) is 0 Å². The van der Waals surface area contributed by atoms with Crippen LogP contribution < -0.4 is 0 Å². The molecule has 0 heterocycles. The zero-order valence-corrected chi connectivity index (χ0v) is 12.2. The number of carboxylic acid groups (broad SMARTS) is 1. The molecule has 1 unspecified atom stereocenters. The first-order valence-electron chi connectivity index (χ1n) is 7.00. The molecule has 1 N–H and O–H groups in total. The second-order valence-electron chi connectivity index (χ2n) is 5.23. The molecule has 0 saturated carbocycles. The standard InChI is InChI=1S/C16H25NO2/c1-4-15(17(3)11-5-6-16(18)19)12-14-9-7-13(2)8-10-14/h7-10,15H,4-6,11-12H2,1-3H3,(H,18,19). The number of hydrogen-bond acceptors (Lipinski definition) is 2. The number of likely N-dealkylation sites (N-methyl/N-ethyl adjacent to an activating group) is 1. The molecule has 0 amide bonds. The van der Waals surface area contributed by atoms with Gasteiger partial charge in [-0.15, -0.1) is 0 Å². The Morgan fingerprint density at radius 2 is 1.95 bits per heavy atom. The molecule has 0 aliphatic heterocycles. The van der Waals surface area contributed by atoms with Crippen LogP contribution in [0.4, 0.5) is 0 Å². The van der Waals surface area contributed by atoms with E-state index in [2.05, 4.69) is 50.1 Å². The van der Waals surface area contributed by atoms with E-state index >= 15 is 0 Å². The molecule has 0 saturated heterocycles. The van der Waals surface area contributed by atoms with Crippen LogP contribution in [-0.2, 0) is 11.2 Å². The van der Waals surface area contributed by atoms with Gasteiger partial charge < -0.3 is 10.0 Å². The van der Waals surface area contributed by atoms with Crippen LogP contribution in [0.1, 0.15) is 37.3 Å². The fourth-order valence-electron chi connectivity index (χ4n) is 2.27. The van der Waals surface area contributed by atoms with Crippen molar-refractivity contribution in [1.29, 1.82) is 0 Å². The summed E-state index contributed by atoms with van der Waals surface area (Å²) >= 11 is 0. The first-order chi connectivity index (χ1) is 9.02. The number of carboxylic acids is 1. The molecule has 19 heavy (non-hydrogen) atoms. The number of aryl methyl sites for hydroxylation is 1. The monoisotopic (exact) mass is 263 g/mol. The van der Waals surface area contributed by atoms with Crippen LogP contribution in [0, 0.1) is 6.92 Å². The SMILES string of the molecule is CCC(Cc1ccc(C)cc1)N(C)CCCC(=O)O. The van der Waals surface area contributed by atoms with Gasteiger partial charge in [-0.1, -0.05) is 36.8 Å². The Labute approximate surface area is 116 Å². The van der Waals surface area contributed by atoms with Crippen LogP contribution in [-0.4, -0.2) is 35.6 Å². The van der Waals surface area contributed by atoms with E-state index < -0.39 is 5.97 Å². The number of rotatable bonds is 8. The van der Waals surface area contributed by atoms with Crippen molar-refractivity contribution in [3.8, 4) is 0 Å². The largest absolute Gasteiger partial charge is 0.481 e. The molecular weight excluding hydrogens is 238 g/mol. The summed E-state index contributed by atoms with van der Waals surface area (Å²) in [4.78, 5) is 12.8. The third-order valence-corrected chi connectivity index (χ3v) is 3.59. The summed E-state index contributed by atoms with van der Waals surface area (Å²) in [6.07, 6.45) is 3.08. The molecule has 3 heteroatoms. The van der Waals surface area contributed by atoms with Crippen molar-refractivity contribution in [3.05, 3.63) is 35.4 Å².